The molecule has 1 amide bonds. The van der Waals surface area contributed by atoms with E-state index in [0.29, 0.717) is 16.9 Å². The van der Waals surface area contributed by atoms with Gasteiger partial charge in [0.25, 0.3) is 5.91 Å². The van der Waals surface area contributed by atoms with Crippen molar-refractivity contribution in [2.75, 3.05) is 37.9 Å². The van der Waals surface area contributed by atoms with E-state index in [1.54, 1.807) is 6.07 Å². The Bertz CT molecular complexity index is 464. The number of nitrogens with two attached hydrogens (primary N) is 1. The van der Waals surface area contributed by atoms with Gasteiger partial charge in [0, 0.05) is 25.0 Å². The molecule has 1 aromatic carbocycles. The van der Waals surface area contributed by atoms with E-state index in [1.807, 2.05) is 0 Å². The Morgan fingerprint density at radius 2 is 2.10 bits per heavy atom. The minimum Gasteiger partial charge on any atom is -0.399 e. The van der Waals surface area contributed by atoms with Crippen LogP contribution < -0.4 is 16.4 Å². The minimum atomic E-state index is -4.34. The summed E-state index contributed by atoms with van der Waals surface area (Å²) in [5.74, 6) is -0.316. The number of amides is 1. The van der Waals surface area contributed by atoms with Gasteiger partial charge in [0.15, 0.2) is 0 Å². The van der Waals surface area contributed by atoms with Crippen molar-refractivity contribution in [1.29, 1.82) is 0 Å². The summed E-state index contributed by atoms with van der Waals surface area (Å²) in [5, 5.41) is 5.29. The maximum absolute atomic E-state index is 11.9. The van der Waals surface area contributed by atoms with Crippen LogP contribution in [0, 0.1) is 0 Å². The van der Waals surface area contributed by atoms with E-state index in [2.05, 4.69) is 15.4 Å². The van der Waals surface area contributed by atoms with Gasteiger partial charge < -0.3 is 21.1 Å². The minimum absolute atomic E-state index is 0.128. The molecule has 0 spiro atoms. The number of rotatable bonds is 6. The fourth-order valence-corrected chi connectivity index (χ4v) is 1.49. The topological polar surface area (TPSA) is 76.4 Å². The summed E-state index contributed by atoms with van der Waals surface area (Å²) < 4.78 is 40.0. The predicted molar refractivity (Wildman–Crippen MR) is 69.6 cm³/mol. The summed E-state index contributed by atoms with van der Waals surface area (Å²) in [6.07, 6.45) is -4.34. The molecule has 0 aliphatic carbocycles. The lowest BCUT2D eigenvalue weighted by atomic mass is 10.1. The molecule has 4 N–H and O–H groups in total. The zero-order valence-electron chi connectivity index (χ0n) is 10.9. The van der Waals surface area contributed by atoms with Crippen LogP contribution in [0.1, 0.15) is 10.4 Å². The van der Waals surface area contributed by atoms with Gasteiger partial charge in [0.2, 0.25) is 0 Å². The molecular weight excluding hydrogens is 275 g/mol. The van der Waals surface area contributed by atoms with Crippen LogP contribution >= 0.6 is 0 Å². The maximum atomic E-state index is 11.9. The molecule has 0 saturated heterocycles. The molecule has 0 atom stereocenters. The van der Waals surface area contributed by atoms with Crippen LogP contribution in [-0.4, -0.2) is 38.9 Å². The molecule has 0 heterocycles. The normalized spacial score (nSPS) is 11.2. The van der Waals surface area contributed by atoms with Gasteiger partial charge >= 0.3 is 6.18 Å². The SMILES string of the molecule is CNC(=O)c1ccc(N)cc1NCCOCC(F)(F)F. The van der Waals surface area contributed by atoms with Crippen LogP contribution in [0.25, 0.3) is 0 Å². The number of hydrogen-bond acceptors (Lipinski definition) is 4. The zero-order chi connectivity index (χ0) is 15.2. The fourth-order valence-electron chi connectivity index (χ4n) is 1.49. The Balaban J connectivity index is 2.54. The number of carbonyl (C=O) groups excluding carboxylic acids is 1. The van der Waals surface area contributed by atoms with Gasteiger partial charge in [0.05, 0.1) is 12.2 Å². The molecule has 0 saturated carbocycles. The Morgan fingerprint density at radius 1 is 1.40 bits per heavy atom. The van der Waals surface area contributed by atoms with Gasteiger partial charge in [-0.05, 0) is 18.2 Å². The lowest BCUT2D eigenvalue weighted by Crippen LogP contribution is -2.22. The van der Waals surface area contributed by atoms with Crippen LogP contribution in [0.2, 0.25) is 0 Å². The number of nitrogens with one attached hydrogen (secondary N) is 2. The molecule has 0 unspecified atom stereocenters. The summed E-state index contributed by atoms with van der Waals surface area (Å²) in [6, 6.07) is 4.64. The second-order valence-electron chi connectivity index (χ2n) is 3.98. The summed E-state index contributed by atoms with van der Waals surface area (Å²) in [4.78, 5) is 11.6. The second kappa shape index (κ2) is 6.99. The Morgan fingerprint density at radius 3 is 2.70 bits per heavy atom. The van der Waals surface area contributed by atoms with Crippen LogP contribution in [0.4, 0.5) is 24.5 Å². The maximum Gasteiger partial charge on any atom is 0.411 e. The largest absolute Gasteiger partial charge is 0.411 e. The van der Waals surface area contributed by atoms with Crippen molar-refractivity contribution in [3.63, 3.8) is 0 Å². The predicted octanol–water partition coefficient (Wildman–Crippen LogP) is 1.62. The number of anilines is 2. The van der Waals surface area contributed by atoms with Crippen molar-refractivity contribution in [1.82, 2.24) is 5.32 Å². The standard InChI is InChI=1S/C12H16F3N3O2/c1-17-11(19)9-3-2-8(16)6-10(9)18-4-5-20-7-12(13,14)15/h2-3,6,18H,4-5,7,16H2,1H3,(H,17,19). The fraction of sp³-hybridized carbons (Fsp3) is 0.417. The molecule has 0 aliphatic heterocycles. The van der Waals surface area contributed by atoms with Crippen LogP contribution in [0.5, 0.6) is 0 Å². The van der Waals surface area contributed by atoms with Gasteiger partial charge in [-0.1, -0.05) is 0 Å². The first-order valence-corrected chi connectivity index (χ1v) is 5.83. The molecule has 0 bridgehead atoms. The molecule has 0 aromatic heterocycles. The molecule has 20 heavy (non-hydrogen) atoms. The highest BCUT2D eigenvalue weighted by atomic mass is 19.4. The molecule has 0 radical (unpaired) electrons. The third-order valence-electron chi connectivity index (χ3n) is 2.34. The first-order valence-electron chi connectivity index (χ1n) is 5.83. The third kappa shape index (κ3) is 5.35. The van der Waals surface area contributed by atoms with Gasteiger partial charge in [0.1, 0.15) is 6.61 Å². The lowest BCUT2D eigenvalue weighted by molar-refractivity contribution is -0.172. The van der Waals surface area contributed by atoms with Crippen molar-refractivity contribution in [2.24, 2.45) is 0 Å². The van der Waals surface area contributed by atoms with Crippen molar-refractivity contribution < 1.29 is 22.7 Å². The smallest absolute Gasteiger partial charge is 0.399 e. The molecule has 1 aromatic rings. The first kappa shape index (κ1) is 16.1. The van der Waals surface area contributed by atoms with E-state index < -0.39 is 12.8 Å². The van der Waals surface area contributed by atoms with Crippen molar-refractivity contribution in [3.05, 3.63) is 23.8 Å². The monoisotopic (exact) mass is 291 g/mol. The average Bonchev–Trinajstić information content (AvgIpc) is 2.36. The molecule has 112 valence electrons. The number of hydrogen-bond donors (Lipinski definition) is 3. The van der Waals surface area contributed by atoms with Crippen LogP contribution in [0.15, 0.2) is 18.2 Å². The lowest BCUT2D eigenvalue weighted by Gasteiger charge is -2.13. The number of alkyl halides is 3. The van der Waals surface area contributed by atoms with Crippen molar-refractivity contribution in [2.45, 2.75) is 6.18 Å². The van der Waals surface area contributed by atoms with Crippen LogP contribution in [-0.2, 0) is 4.74 Å². The number of nitrogen functional groups attached to an aromatic ring is 1. The number of carbonyl (C=O) groups is 1. The Kier molecular flexibility index (Phi) is 5.63. The van der Waals surface area contributed by atoms with E-state index in [4.69, 9.17) is 5.73 Å². The van der Waals surface area contributed by atoms with Gasteiger partial charge in [-0.15, -0.1) is 0 Å². The van der Waals surface area contributed by atoms with Gasteiger partial charge in [-0.25, -0.2) is 0 Å². The molecule has 0 aliphatic rings. The second-order valence-corrected chi connectivity index (χ2v) is 3.98. The number of benzene rings is 1. The summed E-state index contributed by atoms with van der Waals surface area (Å²) in [6.45, 7) is -1.31. The molecular formula is C12H16F3N3O2. The summed E-state index contributed by atoms with van der Waals surface area (Å²) in [5.41, 5.74) is 6.85. The highest BCUT2D eigenvalue weighted by Gasteiger charge is 2.27. The highest BCUT2D eigenvalue weighted by Crippen LogP contribution is 2.19. The highest BCUT2D eigenvalue weighted by molar-refractivity contribution is 6.00. The van der Waals surface area contributed by atoms with Gasteiger partial charge in [-0.2, -0.15) is 13.2 Å². The molecule has 0 fully saturated rings. The average molecular weight is 291 g/mol. The quantitative estimate of drug-likeness (QED) is 0.550. The Hall–Kier alpha value is -1.96. The number of halogens is 3. The number of ether oxygens (including phenoxy) is 1. The molecule has 8 heteroatoms. The zero-order valence-corrected chi connectivity index (χ0v) is 10.9. The summed E-state index contributed by atoms with van der Waals surface area (Å²) in [7, 11) is 1.48. The van der Waals surface area contributed by atoms with E-state index >= 15 is 0 Å². The van der Waals surface area contributed by atoms with E-state index in [1.165, 1.54) is 19.2 Å². The molecule has 1 rings (SSSR count). The van der Waals surface area contributed by atoms with E-state index in [0.717, 1.165) is 0 Å². The van der Waals surface area contributed by atoms with Gasteiger partial charge in [-0.3, -0.25) is 4.79 Å². The third-order valence-corrected chi connectivity index (χ3v) is 2.34. The van der Waals surface area contributed by atoms with E-state index in [9.17, 15) is 18.0 Å². The summed E-state index contributed by atoms with van der Waals surface area (Å²) >= 11 is 0. The Labute approximate surface area is 114 Å². The van der Waals surface area contributed by atoms with E-state index in [-0.39, 0.29) is 19.1 Å². The van der Waals surface area contributed by atoms with Crippen molar-refractivity contribution in [3.8, 4) is 0 Å². The van der Waals surface area contributed by atoms with Crippen LogP contribution in [0.3, 0.4) is 0 Å². The first-order chi connectivity index (χ1) is 9.33. The molecule has 5 nitrogen and oxygen atoms in total. The van der Waals surface area contributed by atoms with Crippen molar-refractivity contribution >= 4 is 17.3 Å².